The molecule has 174 valence electrons. The molecule has 1 unspecified atom stereocenters. The topological polar surface area (TPSA) is 84.6 Å². The Labute approximate surface area is 190 Å². The van der Waals surface area contributed by atoms with E-state index in [0.29, 0.717) is 10.4 Å². The minimum Gasteiger partial charge on any atom is -0.392 e. The number of aliphatic hydroxyl groups is 1. The van der Waals surface area contributed by atoms with Crippen LogP contribution in [0.15, 0.2) is 47.8 Å². The molecule has 0 fully saturated rings. The third-order valence-electron chi connectivity index (χ3n) is 5.04. The number of aliphatic hydroxyl groups excluding tert-OH is 1. The molecule has 0 amide bonds. The molecule has 2 aromatic heterocycles. The molecule has 3 heterocycles. The molecule has 7 nitrogen and oxygen atoms in total. The largest absolute Gasteiger partial charge is 0.433 e. The maximum Gasteiger partial charge on any atom is 0.433 e. The predicted molar refractivity (Wildman–Crippen MR) is 113 cm³/mol. The van der Waals surface area contributed by atoms with E-state index in [0.717, 1.165) is 6.07 Å². The van der Waals surface area contributed by atoms with Crippen LogP contribution >= 0.6 is 11.6 Å². The first-order valence-corrected chi connectivity index (χ1v) is 10.1. The van der Waals surface area contributed by atoms with Crippen LogP contribution in [-0.4, -0.2) is 37.8 Å². The monoisotopic (exact) mass is 483 g/mol. The molecule has 0 bridgehead atoms. The second kappa shape index (κ2) is 8.64. The SMILES string of the molecule is CC1(CO)CC(c2cc(C(F)(F)F)n(-c3ccc(NCc4c(F)cccc4Cl)cn3)n2)=NO1. The molecular weight excluding hydrogens is 466 g/mol. The van der Waals surface area contributed by atoms with Crippen LogP contribution in [0.1, 0.15) is 30.3 Å². The summed E-state index contributed by atoms with van der Waals surface area (Å²) in [5, 5.41) is 20.4. The van der Waals surface area contributed by atoms with E-state index in [2.05, 4.69) is 20.6 Å². The number of pyridine rings is 1. The van der Waals surface area contributed by atoms with Crippen molar-refractivity contribution in [3.8, 4) is 5.82 Å². The molecule has 0 saturated heterocycles. The van der Waals surface area contributed by atoms with Crippen molar-refractivity contribution in [3.63, 3.8) is 0 Å². The number of benzene rings is 1. The highest BCUT2D eigenvalue weighted by Crippen LogP contribution is 2.33. The van der Waals surface area contributed by atoms with E-state index < -0.39 is 23.3 Å². The first kappa shape index (κ1) is 23.0. The zero-order valence-corrected chi connectivity index (χ0v) is 18.0. The number of hydrogen-bond donors (Lipinski definition) is 2. The van der Waals surface area contributed by atoms with Crippen LogP contribution in [-0.2, 0) is 17.6 Å². The number of anilines is 1. The standard InChI is InChI=1S/C21H18ClF4N5O2/c1-20(11-32)8-17(30-33-20)16-7-18(21(24,25)26)31(29-16)19-6-5-12(9-28-19)27-10-13-14(22)3-2-4-15(13)23/h2-7,9,27,32H,8,10-11H2,1H3. The van der Waals surface area contributed by atoms with E-state index in [4.69, 9.17) is 16.4 Å². The lowest BCUT2D eigenvalue weighted by atomic mass is 9.99. The van der Waals surface area contributed by atoms with E-state index in [1.807, 2.05) is 0 Å². The van der Waals surface area contributed by atoms with Crippen molar-refractivity contribution >= 4 is 23.0 Å². The van der Waals surface area contributed by atoms with Gasteiger partial charge < -0.3 is 15.3 Å². The van der Waals surface area contributed by atoms with Gasteiger partial charge in [-0.2, -0.15) is 18.3 Å². The predicted octanol–water partition coefficient (Wildman–Crippen LogP) is 4.57. The van der Waals surface area contributed by atoms with Crippen molar-refractivity contribution < 1.29 is 27.5 Å². The fourth-order valence-corrected chi connectivity index (χ4v) is 3.44. The lowest BCUT2D eigenvalue weighted by Gasteiger charge is -2.16. The van der Waals surface area contributed by atoms with Crippen LogP contribution in [0, 0.1) is 5.82 Å². The highest BCUT2D eigenvalue weighted by molar-refractivity contribution is 6.31. The first-order valence-electron chi connectivity index (χ1n) is 9.76. The van der Waals surface area contributed by atoms with Gasteiger partial charge in [-0.1, -0.05) is 22.8 Å². The van der Waals surface area contributed by atoms with Crippen LogP contribution in [0.5, 0.6) is 0 Å². The lowest BCUT2D eigenvalue weighted by Crippen LogP contribution is -2.29. The van der Waals surface area contributed by atoms with Gasteiger partial charge in [0, 0.05) is 23.6 Å². The van der Waals surface area contributed by atoms with Crippen molar-refractivity contribution in [2.24, 2.45) is 5.16 Å². The molecule has 1 aliphatic heterocycles. The minimum atomic E-state index is -4.70. The highest BCUT2D eigenvalue weighted by Gasteiger charge is 2.40. The normalized spacial score (nSPS) is 18.2. The van der Waals surface area contributed by atoms with Gasteiger partial charge in [0.05, 0.1) is 18.5 Å². The molecule has 0 saturated carbocycles. The zero-order valence-electron chi connectivity index (χ0n) is 17.2. The molecular formula is C21H18ClF4N5O2. The van der Waals surface area contributed by atoms with Gasteiger partial charge in [0.1, 0.15) is 17.2 Å². The molecule has 2 N–H and O–H groups in total. The average Bonchev–Trinajstić information content (AvgIpc) is 3.39. The summed E-state index contributed by atoms with van der Waals surface area (Å²) in [6.45, 7) is 1.31. The number of halogens is 5. The molecule has 12 heteroatoms. The number of oxime groups is 1. The van der Waals surface area contributed by atoms with Crippen molar-refractivity contribution in [2.75, 3.05) is 11.9 Å². The summed E-state index contributed by atoms with van der Waals surface area (Å²) in [5.41, 5.74) is -1.18. The molecule has 4 rings (SSSR count). The molecule has 0 spiro atoms. The summed E-state index contributed by atoms with van der Waals surface area (Å²) < 4.78 is 55.5. The Morgan fingerprint density at radius 2 is 2.06 bits per heavy atom. The number of aromatic nitrogens is 3. The number of nitrogens with one attached hydrogen (secondary N) is 1. The van der Waals surface area contributed by atoms with E-state index in [-0.39, 0.29) is 47.4 Å². The maximum absolute atomic E-state index is 13.9. The van der Waals surface area contributed by atoms with Gasteiger partial charge in [-0.15, -0.1) is 0 Å². The third-order valence-corrected chi connectivity index (χ3v) is 5.40. The Hall–Kier alpha value is -3.18. The second-order valence-electron chi connectivity index (χ2n) is 7.70. The van der Waals surface area contributed by atoms with E-state index in [1.54, 1.807) is 13.0 Å². The van der Waals surface area contributed by atoms with Crippen LogP contribution in [0.3, 0.4) is 0 Å². The Kier molecular flexibility index (Phi) is 6.02. The van der Waals surface area contributed by atoms with Crippen LogP contribution in [0.25, 0.3) is 5.82 Å². The molecule has 1 atom stereocenters. The van der Waals surface area contributed by atoms with Crippen LogP contribution < -0.4 is 5.32 Å². The Balaban J connectivity index is 1.58. The van der Waals surface area contributed by atoms with Crippen molar-refractivity contribution in [3.05, 3.63) is 70.4 Å². The van der Waals surface area contributed by atoms with Gasteiger partial charge in [-0.05, 0) is 37.3 Å². The molecule has 1 aliphatic rings. The number of rotatable bonds is 6. The smallest absolute Gasteiger partial charge is 0.392 e. The third kappa shape index (κ3) is 4.79. The van der Waals surface area contributed by atoms with Crippen molar-refractivity contribution in [1.82, 2.24) is 14.8 Å². The fraction of sp³-hybridized carbons (Fsp3) is 0.286. The summed E-state index contributed by atoms with van der Waals surface area (Å²) in [4.78, 5) is 9.21. The Bertz CT molecular complexity index is 1180. The summed E-state index contributed by atoms with van der Waals surface area (Å²) in [7, 11) is 0. The first-order chi connectivity index (χ1) is 15.6. The molecule has 0 radical (unpaired) electrons. The number of hydrogen-bond acceptors (Lipinski definition) is 6. The van der Waals surface area contributed by atoms with Gasteiger partial charge in [0.15, 0.2) is 17.1 Å². The molecule has 3 aromatic rings. The van der Waals surface area contributed by atoms with Gasteiger partial charge in [-0.3, -0.25) is 0 Å². The number of alkyl halides is 3. The van der Waals surface area contributed by atoms with Gasteiger partial charge in [0.25, 0.3) is 0 Å². The lowest BCUT2D eigenvalue weighted by molar-refractivity contribution is -0.142. The minimum absolute atomic E-state index is 0.0299. The van der Waals surface area contributed by atoms with Crippen molar-refractivity contribution in [2.45, 2.75) is 31.7 Å². The quantitative estimate of drug-likeness (QED) is 0.502. The molecule has 1 aromatic carbocycles. The second-order valence-corrected chi connectivity index (χ2v) is 8.10. The zero-order chi connectivity index (χ0) is 23.8. The van der Waals surface area contributed by atoms with E-state index in [1.165, 1.54) is 30.5 Å². The summed E-state index contributed by atoms with van der Waals surface area (Å²) in [6.07, 6.45) is -3.29. The van der Waals surface area contributed by atoms with Crippen LogP contribution in [0.4, 0.5) is 23.2 Å². The van der Waals surface area contributed by atoms with Crippen molar-refractivity contribution in [1.29, 1.82) is 0 Å². The van der Waals surface area contributed by atoms with E-state index in [9.17, 15) is 22.7 Å². The highest BCUT2D eigenvalue weighted by atomic mass is 35.5. The molecule has 33 heavy (non-hydrogen) atoms. The Morgan fingerprint density at radius 1 is 1.27 bits per heavy atom. The maximum atomic E-state index is 13.9. The fourth-order valence-electron chi connectivity index (χ4n) is 3.21. The van der Waals surface area contributed by atoms with Gasteiger partial charge in [0.2, 0.25) is 0 Å². The summed E-state index contributed by atoms with van der Waals surface area (Å²) in [6, 6.07) is 8.03. The molecule has 0 aliphatic carbocycles. The number of nitrogens with zero attached hydrogens (tertiary/aromatic N) is 4. The van der Waals surface area contributed by atoms with E-state index >= 15 is 0 Å². The Morgan fingerprint density at radius 3 is 2.67 bits per heavy atom. The summed E-state index contributed by atoms with van der Waals surface area (Å²) >= 11 is 6.00. The van der Waals surface area contributed by atoms with Crippen LogP contribution in [0.2, 0.25) is 5.02 Å². The van der Waals surface area contributed by atoms with Gasteiger partial charge in [-0.25, -0.2) is 14.1 Å². The summed E-state index contributed by atoms with van der Waals surface area (Å²) in [5.74, 6) is -0.554. The van der Waals surface area contributed by atoms with Gasteiger partial charge >= 0.3 is 6.18 Å². The average molecular weight is 484 g/mol.